The molecule has 1 amide bonds. The molecule has 1 saturated heterocycles. The van der Waals surface area contributed by atoms with E-state index in [0.29, 0.717) is 13.2 Å². The van der Waals surface area contributed by atoms with Gasteiger partial charge in [0.15, 0.2) is 6.04 Å². The molecule has 1 aliphatic rings. The van der Waals surface area contributed by atoms with Gasteiger partial charge in [0, 0.05) is 18.0 Å². The van der Waals surface area contributed by atoms with Crippen molar-refractivity contribution in [2.75, 3.05) is 26.3 Å². The van der Waals surface area contributed by atoms with E-state index in [2.05, 4.69) is 4.98 Å². The average molecular weight is 222 g/mol. The molecule has 0 aliphatic carbocycles. The molecule has 86 valence electrons. The van der Waals surface area contributed by atoms with E-state index in [4.69, 9.17) is 10.5 Å². The quantitative estimate of drug-likeness (QED) is 0.655. The Labute approximate surface area is 94.2 Å². The number of hydrogen-bond donors (Lipinski definition) is 2. The number of amides is 1. The molecule has 3 N–H and O–H groups in total. The van der Waals surface area contributed by atoms with Crippen molar-refractivity contribution in [3.05, 3.63) is 30.1 Å². The van der Waals surface area contributed by atoms with E-state index in [1.54, 1.807) is 12.4 Å². The molecule has 1 aromatic rings. The van der Waals surface area contributed by atoms with Crippen LogP contribution in [0, 0.1) is 0 Å². The number of ether oxygens (including phenoxy) is 1. The Hall–Kier alpha value is -1.46. The van der Waals surface area contributed by atoms with E-state index in [0.717, 1.165) is 23.6 Å². The second-order valence-corrected chi connectivity index (χ2v) is 3.89. The lowest BCUT2D eigenvalue weighted by Crippen LogP contribution is -3.15. The standard InChI is InChI=1S/C11H15N3O2/c12-11(15)10(9-2-1-3-13-8-9)14-4-6-16-7-5-14/h1-3,8,10H,4-7H2,(H2,12,15)/p+1/t10-/m1/s1. The topological polar surface area (TPSA) is 69.7 Å². The number of rotatable bonds is 3. The van der Waals surface area contributed by atoms with Crippen LogP contribution in [0.15, 0.2) is 24.5 Å². The lowest BCUT2D eigenvalue weighted by Gasteiger charge is -2.29. The van der Waals surface area contributed by atoms with Crippen molar-refractivity contribution in [3.8, 4) is 0 Å². The Bertz CT molecular complexity index is 350. The molecule has 0 bridgehead atoms. The van der Waals surface area contributed by atoms with Gasteiger partial charge in [-0.1, -0.05) is 0 Å². The van der Waals surface area contributed by atoms with Crippen LogP contribution in [-0.2, 0) is 9.53 Å². The van der Waals surface area contributed by atoms with Gasteiger partial charge in [0.1, 0.15) is 13.1 Å². The molecule has 2 rings (SSSR count). The van der Waals surface area contributed by atoms with E-state index in [-0.39, 0.29) is 11.9 Å². The molecule has 1 aliphatic heterocycles. The zero-order valence-corrected chi connectivity index (χ0v) is 9.06. The van der Waals surface area contributed by atoms with Crippen LogP contribution >= 0.6 is 0 Å². The summed E-state index contributed by atoms with van der Waals surface area (Å²) in [5.74, 6) is -0.301. The Morgan fingerprint density at radius 2 is 2.25 bits per heavy atom. The molecular weight excluding hydrogens is 206 g/mol. The highest BCUT2D eigenvalue weighted by molar-refractivity contribution is 5.79. The SMILES string of the molecule is NC(=O)[C@@H](c1cccnc1)[NH+]1CCOCC1. The third-order valence-electron chi connectivity index (χ3n) is 2.85. The number of quaternary nitrogens is 1. The summed E-state index contributed by atoms with van der Waals surface area (Å²) < 4.78 is 5.28. The Kier molecular flexibility index (Phi) is 3.48. The molecule has 0 radical (unpaired) electrons. The number of primary amides is 1. The number of carbonyl (C=O) groups excluding carboxylic acids is 1. The normalized spacial score (nSPS) is 19.2. The molecule has 0 unspecified atom stereocenters. The van der Waals surface area contributed by atoms with Gasteiger partial charge in [0.2, 0.25) is 0 Å². The van der Waals surface area contributed by atoms with E-state index < -0.39 is 0 Å². The summed E-state index contributed by atoms with van der Waals surface area (Å²) in [5, 5.41) is 0. The summed E-state index contributed by atoms with van der Waals surface area (Å²) in [6.45, 7) is 2.98. The lowest BCUT2D eigenvalue weighted by molar-refractivity contribution is -0.929. The van der Waals surface area contributed by atoms with Gasteiger partial charge >= 0.3 is 0 Å². The molecule has 1 aromatic heterocycles. The van der Waals surface area contributed by atoms with E-state index >= 15 is 0 Å². The van der Waals surface area contributed by atoms with Crippen LogP contribution in [0.2, 0.25) is 0 Å². The van der Waals surface area contributed by atoms with E-state index in [9.17, 15) is 4.79 Å². The van der Waals surface area contributed by atoms with E-state index in [1.807, 2.05) is 12.1 Å². The van der Waals surface area contributed by atoms with Gasteiger partial charge in [-0.15, -0.1) is 0 Å². The number of aromatic nitrogens is 1. The van der Waals surface area contributed by atoms with Gasteiger partial charge < -0.3 is 15.4 Å². The number of hydrogen-bond acceptors (Lipinski definition) is 3. The van der Waals surface area contributed by atoms with Crippen LogP contribution in [0.3, 0.4) is 0 Å². The fraction of sp³-hybridized carbons (Fsp3) is 0.455. The van der Waals surface area contributed by atoms with Crippen molar-refractivity contribution in [2.24, 2.45) is 5.73 Å². The van der Waals surface area contributed by atoms with Gasteiger partial charge in [-0.3, -0.25) is 9.78 Å². The summed E-state index contributed by atoms with van der Waals surface area (Å²) >= 11 is 0. The smallest absolute Gasteiger partial charge is 0.280 e. The second-order valence-electron chi connectivity index (χ2n) is 3.89. The van der Waals surface area contributed by atoms with E-state index in [1.165, 1.54) is 0 Å². The van der Waals surface area contributed by atoms with Gasteiger partial charge in [-0.05, 0) is 12.1 Å². The lowest BCUT2D eigenvalue weighted by atomic mass is 10.1. The predicted octanol–water partition coefficient (Wildman–Crippen LogP) is -1.48. The maximum atomic E-state index is 11.5. The van der Waals surface area contributed by atoms with Crippen LogP contribution in [0.1, 0.15) is 11.6 Å². The average Bonchev–Trinajstić information content (AvgIpc) is 2.31. The monoisotopic (exact) mass is 222 g/mol. The van der Waals surface area contributed by atoms with Crippen molar-refractivity contribution in [2.45, 2.75) is 6.04 Å². The zero-order chi connectivity index (χ0) is 11.4. The summed E-state index contributed by atoms with van der Waals surface area (Å²) in [6.07, 6.45) is 3.40. The first-order valence-electron chi connectivity index (χ1n) is 5.40. The molecule has 5 heteroatoms. The van der Waals surface area contributed by atoms with Crippen LogP contribution < -0.4 is 10.6 Å². The van der Waals surface area contributed by atoms with Crippen molar-refractivity contribution in [1.82, 2.24) is 4.98 Å². The minimum Gasteiger partial charge on any atom is -0.370 e. The molecule has 0 spiro atoms. The molecule has 5 nitrogen and oxygen atoms in total. The van der Waals surface area contributed by atoms with Crippen molar-refractivity contribution in [3.63, 3.8) is 0 Å². The molecule has 0 aromatic carbocycles. The third kappa shape index (κ3) is 2.37. The van der Waals surface area contributed by atoms with Gasteiger partial charge in [0.25, 0.3) is 5.91 Å². The zero-order valence-electron chi connectivity index (χ0n) is 9.06. The van der Waals surface area contributed by atoms with Crippen LogP contribution in [0.25, 0.3) is 0 Å². The number of nitrogens with zero attached hydrogens (tertiary/aromatic N) is 1. The Balaban J connectivity index is 2.20. The van der Waals surface area contributed by atoms with Crippen molar-refractivity contribution in [1.29, 1.82) is 0 Å². The Morgan fingerprint density at radius 1 is 1.50 bits per heavy atom. The number of pyridine rings is 1. The summed E-state index contributed by atoms with van der Waals surface area (Å²) in [4.78, 5) is 16.7. The molecule has 1 fully saturated rings. The minimum absolute atomic E-state index is 0.301. The number of carbonyl (C=O) groups is 1. The molecule has 16 heavy (non-hydrogen) atoms. The first-order valence-corrected chi connectivity index (χ1v) is 5.40. The third-order valence-corrected chi connectivity index (χ3v) is 2.85. The van der Waals surface area contributed by atoms with Crippen molar-refractivity contribution >= 4 is 5.91 Å². The largest absolute Gasteiger partial charge is 0.370 e. The van der Waals surface area contributed by atoms with Gasteiger partial charge in [0.05, 0.1) is 13.2 Å². The minimum atomic E-state index is -0.308. The van der Waals surface area contributed by atoms with Crippen LogP contribution in [-0.4, -0.2) is 37.2 Å². The van der Waals surface area contributed by atoms with Crippen molar-refractivity contribution < 1.29 is 14.4 Å². The van der Waals surface area contributed by atoms with Crippen LogP contribution in [0.4, 0.5) is 0 Å². The van der Waals surface area contributed by atoms with Gasteiger partial charge in [-0.2, -0.15) is 0 Å². The number of nitrogens with two attached hydrogens (primary N) is 1. The maximum absolute atomic E-state index is 11.5. The Morgan fingerprint density at radius 3 is 2.81 bits per heavy atom. The number of morpholine rings is 1. The summed E-state index contributed by atoms with van der Waals surface area (Å²) in [6, 6.07) is 3.41. The highest BCUT2D eigenvalue weighted by Gasteiger charge is 2.31. The molecule has 2 heterocycles. The molecule has 0 saturated carbocycles. The fourth-order valence-corrected chi connectivity index (χ4v) is 2.07. The highest BCUT2D eigenvalue weighted by Crippen LogP contribution is 2.07. The summed E-state index contributed by atoms with van der Waals surface area (Å²) in [7, 11) is 0. The summed E-state index contributed by atoms with van der Waals surface area (Å²) in [5.41, 5.74) is 6.35. The second kappa shape index (κ2) is 5.05. The number of nitrogens with one attached hydrogen (secondary N) is 1. The highest BCUT2D eigenvalue weighted by atomic mass is 16.5. The molecular formula is C11H16N3O2+. The first kappa shape index (κ1) is 11.0. The molecule has 1 atom stereocenters. The fourth-order valence-electron chi connectivity index (χ4n) is 2.07. The predicted molar refractivity (Wildman–Crippen MR) is 57.7 cm³/mol. The van der Waals surface area contributed by atoms with Gasteiger partial charge in [-0.25, -0.2) is 0 Å². The first-order chi connectivity index (χ1) is 7.79. The maximum Gasteiger partial charge on any atom is 0.280 e. The van der Waals surface area contributed by atoms with Crippen LogP contribution in [0.5, 0.6) is 0 Å².